The molecule has 1 aliphatic heterocycles. The Morgan fingerprint density at radius 2 is 2.18 bits per heavy atom. The summed E-state index contributed by atoms with van der Waals surface area (Å²) in [6, 6.07) is 5.07. The van der Waals surface area contributed by atoms with Gasteiger partial charge in [0.15, 0.2) is 9.92 Å². The molecule has 0 aliphatic carbocycles. The molecule has 34 heavy (non-hydrogen) atoms. The van der Waals surface area contributed by atoms with Gasteiger partial charge in [-0.05, 0) is 30.7 Å². The first kappa shape index (κ1) is 23.6. The maximum Gasteiger partial charge on any atom is 0.354 e. The van der Waals surface area contributed by atoms with E-state index < -0.39 is 21.8 Å². The first-order chi connectivity index (χ1) is 16.2. The van der Waals surface area contributed by atoms with Crippen molar-refractivity contribution in [3.05, 3.63) is 48.0 Å². The molecule has 11 nitrogen and oxygen atoms in total. The predicted molar refractivity (Wildman–Crippen MR) is 121 cm³/mol. The minimum Gasteiger partial charge on any atom is -0.481 e. The molecule has 0 fully saturated rings. The number of carbonyl (C=O) groups excluding carboxylic acids is 1. The fraction of sp³-hybridized carbons (Fsp3) is 0.286. The number of halogens is 1. The molecule has 0 saturated carbocycles. The summed E-state index contributed by atoms with van der Waals surface area (Å²) >= 11 is 0. The van der Waals surface area contributed by atoms with Crippen molar-refractivity contribution in [2.45, 2.75) is 24.5 Å². The molecule has 1 aliphatic rings. The average molecular weight is 491 g/mol. The van der Waals surface area contributed by atoms with Crippen molar-refractivity contribution >= 4 is 21.6 Å². The van der Waals surface area contributed by atoms with E-state index in [1.165, 1.54) is 43.2 Å². The molecule has 1 aromatic carbocycles. The maximum absolute atomic E-state index is 14.3. The molecule has 2 amide bonds. The van der Waals surface area contributed by atoms with Gasteiger partial charge >= 0.3 is 6.03 Å². The zero-order chi connectivity index (χ0) is 24.5. The van der Waals surface area contributed by atoms with Crippen molar-refractivity contribution in [1.29, 1.82) is 0 Å². The van der Waals surface area contributed by atoms with Crippen LogP contribution in [0.5, 0.6) is 11.8 Å². The second kappa shape index (κ2) is 9.37. The number of benzene rings is 1. The normalized spacial score (nSPS) is 16.7. The van der Waals surface area contributed by atoms with E-state index in [0.717, 1.165) is 0 Å². The van der Waals surface area contributed by atoms with E-state index in [-0.39, 0.29) is 34.7 Å². The van der Waals surface area contributed by atoms with Crippen LogP contribution in [-0.4, -0.2) is 51.9 Å². The molecule has 0 radical (unpaired) electrons. The number of aromatic nitrogens is 3. The van der Waals surface area contributed by atoms with Crippen LogP contribution in [0.4, 0.5) is 14.9 Å². The molecule has 0 spiro atoms. The van der Waals surface area contributed by atoms with E-state index in [1.54, 1.807) is 19.2 Å². The zero-order valence-electron chi connectivity index (χ0n) is 18.6. The number of amides is 2. The number of fused-ring (bicyclic) bond motifs is 1. The van der Waals surface area contributed by atoms with Gasteiger partial charge < -0.3 is 19.5 Å². The van der Waals surface area contributed by atoms with Crippen LogP contribution in [0, 0.1) is 12.7 Å². The van der Waals surface area contributed by atoms with E-state index >= 15 is 0 Å². The fourth-order valence-corrected chi connectivity index (χ4v) is 4.47. The summed E-state index contributed by atoms with van der Waals surface area (Å²) in [7, 11) is -0.713. The number of hydrogen-bond donors (Lipinski definition) is 2. The molecular formula is C21H23FN6O5S. The lowest BCUT2D eigenvalue weighted by molar-refractivity contribution is 0.0165. The number of hydrogen-bond acceptors (Lipinski definition) is 7. The first-order valence-corrected chi connectivity index (χ1v) is 11.7. The smallest absolute Gasteiger partial charge is 0.354 e. The summed E-state index contributed by atoms with van der Waals surface area (Å²) in [4.78, 5) is 16.8. The van der Waals surface area contributed by atoms with Gasteiger partial charge in [-0.2, -0.15) is 5.10 Å². The monoisotopic (exact) mass is 490 g/mol. The molecule has 0 saturated heterocycles. The third kappa shape index (κ3) is 4.58. The van der Waals surface area contributed by atoms with Crippen LogP contribution in [0.1, 0.15) is 5.56 Å². The highest BCUT2D eigenvalue weighted by molar-refractivity contribution is 7.91. The summed E-state index contributed by atoms with van der Waals surface area (Å²) in [5, 5.41) is 12.5. The Morgan fingerprint density at radius 3 is 2.91 bits per heavy atom. The van der Waals surface area contributed by atoms with Crippen LogP contribution < -0.4 is 19.9 Å². The zero-order valence-corrected chi connectivity index (χ0v) is 19.5. The lowest BCUT2D eigenvalue weighted by Crippen LogP contribution is -2.32. The molecule has 3 N–H and O–H groups in total. The Hall–Kier alpha value is -3.55. The number of carbonyl (C=O) groups is 1. The Kier molecular flexibility index (Phi) is 6.50. The standard InChI is InChI=1S/C21H23FN6O5S/c1-12-16(22)5-4-15(13-6-7-24-18(8-13)32-3)19(12)26-21(29)27-34(23,30)17-9-25-28-10-14(31-2)11-33-20(17)28/h4-9,14H,10-11H2,1-3H3,(H3,23,26,27,29,30)/t14-,34?/m0/s1. The summed E-state index contributed by atoms with van der Waals surface area (Å²) in [5.74, 6) is -0.0441. The summed E-state index contributed by atoms with van der Waals surface area (Å²) in [6.45, 7) is 2.08. The molecule has 2 atom stereocenters. The molecule has 2 aromatic heterocycles. The number of pyridine rings is 1. The number of rotatable bonds is 5. The molecule has 13 heteroatoms. The fourth-order valence-electron chi connectivity index (χ4n) is 3.47. The Balaban J connectivity index is 1.68. The predicted octanol–water partition coefficient (Wildman–Crippen LogP) is 2.74. The molecule has 3 aromatic rings. The van der Waals surface area contributed by atoms with Gasteiger partial charge in [-0.1, -0.05) is 0 Å². The third-order valence-corrected chi connectivity index (χ3v) is 6.64. The van der Waals surface area contributed by atoms with Crippen LogP contribution in [0.3, 0.4) is 0 Å². The largest absolute Gasteiger partial charge is 0.481 e. The van der Waals surface area contributed by atoms with Gasteiger partial charge in [0.25, 0.3) is 0 Å². The Labute approximate surface area is 195 Å². The SMILES string of the molecule is COc1cc(-c2ccc(F)c(C)c2NC(=O)N=S(N)(=O)c2cnn3c2OC[C@@H](OC)C3)ccn1. The second-order valence-electron chi connectivity index (χ2n) is 7.44. The molecule has 180 valence electrons. The average Bonchev–Trinajstić information content (AvgIpc) is 3.26. The summed E-state index contributed by atoms with van der Waals surface area (Å²) in [6.07, 6.45) is 2.54. The Morgan fingerprint density at radius 1 is 1.38 bits per heavy atom. The van der Waals surface area contributed by atoms with Crippen molar-refractivity contribution in [2.75, 3.05) is 26.1 Å². The molecule has 0 bridgehead atoms. The number of nitrogens with zero attached hydrogens (tertiary/aromatic N) is 4. The number of ether oxygens (including phenoxy) is 3. The van der Waals surface area contributed by atoms with Crippen molar-refractivity contribution < 1.29 is 27.6 Å². The van der Waals surface area contributed by atoms with Crippen molar-refractivity contribution in [1.82, 2.24) is 14.8 Å². The molecule has 3 heterocycles. The van der Waals surface area contributed by atoms with Crippen molar-refractivity contribution in [3.8, 4) is 22.9 Å². The second-order valence-corrected chi connectivity index (χ2v) is 9.20. The van der Waals surface area contributed by atoms with Gasteiger partial charge in [-0.3, -0.25) is 0 Å². The van der Waals surface area contributed by atoms with Crippen LogP contribution in [0.15, 0.2) is 45.9 Å². The van der Waals surface area contributed by atoms with Crippen molar-refractivity contribution in [2.24, 2.45) is 9.50 Å². The van der Waals surface area contributed by atoms with Gasteiger partial charge in [0, 0.05) is 30.5 Å². The number of urea groups is 1. The number of anilines is 1. The molecular weight excluding hydrogens is 467 g/mol. The minimum absolute atomic E-state index is 0.0211. The van der Waals surface area contributed by atoms with Gasteiger partial charge in [-0.25, -0.2) is 28.2 Å². The maximum atomic E-state index is 14.3. The van der Waals surface area contributed by atoms with Gasteiger partial charge in [0.2, 0.25) is 11.8 Å². The highest BCUT2D eigenvalue weighted by Gasteiger charge is 2.28. The van der Waals surface area contributed by atoms with Gasteiger partial charge in [-0.15, -0.1) is 4.36 Å². The summed E-state index contributed by atoms with van der Waals surface area (Å²) in [5.41, 5.74) is 1.42. The highest BCUT2D eigenvalue weighted by atomic mass is 32.2. The van der Waals surface area contributed by atoms with Crippen LogP contribution in [0.25, 0.3) is 11.1 Å². The van der Waals surface area contributed by atoms with Gasteiger partial charge in [0.05, 0.1) is 25.5 Å². The van der Waals surface area contributed by atoms with Crippen LogP contribution >= 0.6 is 0 Å². The van der Waals surface area contributed by atoms with E-state index in [1.807, 2.05) is 0 Å². The molecule has 4 rings (SSSR count). The Bertz CT molecular complexity index is 1370. The van der Waals surface area contributed by atoms with Crippen LogP contribution in [-0.2, 0) is 21.2 Å². The van der Waals surface area contributed by atoms with E-state index in [9.17, 15) is 13.4 Å². The summed E-state index contributed by atoms with van der Waals surface area (Å²) < 4.78 is 48.6. The lowest BCUT2D eigenvalue weighted by Gasteiger charge is -2.23. The molecule has 1 unspecified atom stereocenters. The highest BCUT2D eigenvalue weighted by Crippen LogP contribution is 2.34. The topological polar surface area (TPSA) is 143 Å². The minimum atomic E-state index is -3.72. The van der Waals surface area contributed by atoms with E-state index in [2.05, 4.69) is 19.8 Å². The number of nitrogens with two attached hydrogens (primary N) is 1. The first-order valence-electron chi connectivity index (χ1n) is 10.1. The number of nitrogens with one attached hydrogen (secondary N) is 1. The van der Waals surface area contributed by atoms with E-state index in [4.69, 9.17) is 19.3 Å². The number of methoxy groups -OCH3 is 2. The van der Waals surface area contributed by atoms with Crippen molar-refractivity contribution in [3.63, 3.8) is 0 Å². The quantitative estimate of drug-likeness (QED) is 0.560. The third-order valence-electron chi connectivity index (χ3n) is 5.29. The lowest BCUT2D eigenvalue weighted by atomic mass is 10.0. The van der Waals surface area contributed by atoms with Crippen LogP contribution in [0.2, 0.25) is 0 Å². The van der Waals surface area contributed by atoms with E-state index in [0.29, 0.717) is 23.6 Å². The van der Waals surface area contributed by atoms with Gasteiger partial charge in [0.1, 0.15) is 23.4 Å².